The van der Waals surface area contributed by atoms with Gasteiger partial charge < -0.3 is 24.3 Å². The molecule has 6 nitrogen and oxygen atoms in total. The molecule has 0 radical (unpaired) electrons. The van der Waals surface area contributed by atoms with E-state index in [0.29, 0.717) is 17.2 Å². The molecule has 0 amide bonds. The number of rotatable bonds is 7. The fraction of sp³-hybridized carbons (Fsp3) is 0.533. The van der Waals surface area contributed by atoms with E-state index in [-0.39, 0.29) is 17.9 Å². The lowest BCUT2D eigenvalue weighted by molar-refractivity contribution is -0.145. The van der Waals surface area contributed by atoms with Gasteiger partial charge in [-0.1, -0.05) is 0 Å². The number of methoxy groups -OCH3 is 4. The molecule has 1 aromatic carbocycles. The molecule has 0 aliphatic rings. The van der Waals surface area contributed by atoms with Crippen molar-refractivity contribution in [3.05, 3.63) is 12.1 Å². The zero-order chi connectivity index (χ0) is 16.0. The van der Waals surface area contributed by atoms with Crippen LogP contribution in [-0.4, -0.2) is 40.5 Å². The Kier molecular flexibility index (Phi) is 6.14. The zero-order valence-corrected chi connectivity index (χ0v) is 13.4. The summed E-state index contributed by atoms with van der Waals surface area (Å²) in [4.78, 5) is 11.6. The second-order valence-electron chi connectivity index (χ2n) is 4.66. The van der Waals surface area contributed by atoms with Crippen LogP contribution in [0.4, 0.5) is 5.69 Å². The van der Waals surface area contributed by atoms with Crippen LogP contribution in [0.2, 0.25) is 0 Å². The second kappa shape index (κ2) is 7.61. The first-order valence-electron chi connectivity index (χ1n) is 6.62. The number of carbonyl (C=O) groups is 1. The summed E-state index contributed by atoms with van der Waals surface area (Å²) in [6.45, 7) is 3.71. The van der Waals surface area contributed by atoms with Crippen molar-refractivity contribution >= 4 is 11.7 Å². The van der Waals surface area contributed by atoms with Crippen molar-refractivity contribution < 1.29 is 23.7 Å². The van der Waals surface area contributed by atoms with Gasteiger partial charge in [-0.05, 0) is 13.8 Å². The molecule has 0 bridgehead atoms. The van der Waals surface area contributed by atoms with Crippen LogP contribution in [0.3, 0.4) is 0 Å². The monoisotopic (exact) mass is 297 g/mol. The van der Waals surface area contributed by atoms with Crippen LogP contribution in [0.25, 0.3) is 0 Å². The fourth-order valence-corrected chi connectivity index (χ4v) is 1.94. The van der Waals surface area contributed by atoms with Crippen molar-refractivity contribution in [2.75, 3.05) is 33.8 Å². The molecule has 0 saturated carbocycles. The smallest absolute Gasteiger partial charge is 0.310 e. The summed E-state index contributed by atoms with van der Waals surface area (Å²) in [5.41, 5.74) is 0.771. The summed E-state index contributed by atoms with van der Waals surface area (Å²) in [6.07, 6.45) is 0. The van der Waals surface area contributed by atoms with Crippen LogP contribution in [-0.2, 0) is 9.53 Å². The molecule has 0 aromatic heterocycles. The second-order valence-corrected chi connectivity index (χ2v) is 4.66. The number of anilines is 1. The van der Waals surface area contributed by atoms with E-state index in [2.05, 4.69) is 5.32 Å². The third-order valence-corrected chi connectivity index (χ3v) is 3.38. The standard InChI is InChI=1S/C15H23NO5/c1-9(15(17)21-6)10(2)16-11-7-12(18-3)14(20-5)13(8-11)19-4/h7-10,16H,1-6H3. The maximum atomic E-state index is 11.6. The number of nitrogens with one attached hydrogen (secondary N) is 1. The van der Waals surface area contributed by atoms with Gasteiger partial charge in [0.05, 0.1) is 34.4 Å². The quantitative estimate of drug-likeness (QED) is 0.779. The molecule has 0 heterocycles. The van der Waals surface area contributed by atoms with E-state index in [4.69, 9.17) is 18.9 Å². The molecule has 1 N–H and O–H groups in total. The molecular formula is C15H23NO5. The highest BCUT2D eigenvalue weighted by molar-refractivity contribution is 5.73. The summed E-state index contributed by atoms with van der Waals surface area (Å²) < 4.78 is 20.6. The maximum Gasteiger partial charge on any atom is 0.310 e. The first kappa shape index (κ1) is 16.9. The Bertz CT molecular complexity index is 464. The van der Waals surface area contributed by atoms with E-state index < -0.39 is 0 Å². The van der Waals surface area contributed by atoms with Crippen molar-refractivity contribution in [2.24, 2.45) is 5.92 Å². The van der Waals surface area contributed by atoms with E-state index in [1.54, 1.807) is 33.5 Å². The molecule has 6 heteroatoms. The van der Waals surface area contributed by atoms with Gasteiger partial charge in [0.25, 0.3) is 0 Å². The number of hydrogen-bond donors (Lipinski definition) is 1. The molecule has 2 unspecified atom stereocenters. The summed E-state index contributed by atoms with van der Waals surface area (Å²) in [7, 11) is 6.05. The molecule has 0 spiro atoms. The summed E-state index contributed by atoms with van der Waals surface area (Å²) in [5, 5.41) is 3.24. The van der Waals surface area contributed by atoms with Gasteiger partial charge in [-0.3, -0.25) is 4.79 Å². The predicted octanol–water partition coefficient (Wildman–Crippen LogP) is 2.32. The van der Waals surface area contributed by atoms with E-state index in [1.807, 2.05) is 13.8 Å². The van der Waals surface area contributed by atoms with Gasteiger partial charge in [-0.25, -0.2) is 0 Å². The van der Waals surface area contributed by atoms with Crippen LogP contribution in [0.5, 0.6) is 17.2 Å². The van der Waals surface area contributed by atoms with Gasteiger partial charge >= 0.3 is 5.97 Å². The number of hydrogen-bond acceptors (Lipinski definition) is 6. The van der Waals surface area contributed by atoms with Crippen LogP contribution < -0.4 is 19.5 Å². The molecule has 118 valence electrons. The van der Waals surface area contributed by atoms with Crippen molar-refractivity contribution in [3.63, 3.8) is 0 Å². The highest BCUT2D eigenvalue weighted by atomic mass is 16.5. The van der Waals surface area contributed by atoms with E-state index >= 15 is 0 Å². The van der Waals surface area contributed by atoms with E-state index in [9.17, 15) is 4.79 Å². The van der Waals surface area contributed by atoms with Crippen molar-refractivity contribution in [2.45, 2.75) is 19.9 Å². The number of esters is 1. The Morgan fingerprint density at radius 3 is 1.90 bits per heavy atom. The topological polar surface area (TPSA) is 66.0 Å². The Morgan fingerprint density at radius 1 is 1.00 bits per heavy atom. The van der Waals surface area contributed by atoms with Gasteiger partial charge in [0.1, 0.15) is 0 Å². The lowest BCUT2D eigenvalue weighted by Crippen LogP contribution is -2.30. The summed E-state index contributed by atoms with van der Waals surface area (Å²) in [6, 6.07) is 3.48. The molecule has 0 saturated heterocycles. The lowest BCUT2D eigenvalue weighted by Gasteiger charge is -2.22. The van der Waals surface area contributed by atoms with Gasteiger partial charge in [0.15, 0.2) is 11.5 Å². The fourth-order valence-electron chi connectivity index (χ4n) is 1.94. The van der Waals surface area contributed by atoms with Crippen LogP contribution in [0.15, 0.2) is 12.1 Å². The van der Waals surface area contributed by atoms with Crippen molar-refractivity contribution in [3.8, 4) is 17.2 Å². The highest BCUT2D eigenvalue weighted by Gasteiger charge is 2.22. The van der Waals surface area contributed by atoms with Gasteiger partial charge in [0, 0.05) is 23.9 Å². The third-order valence-electron chi connectivity index (χ3n) is 3.38. The number of carbonyl (C=O) groups excluding carboxylic acids is 1. The summed E-state index contributed by atoms with van der Waals surface area (Å²) >= 11 is 0. The van der Waals surface area contributed by atoms with Crippen LogP contribution in [0.1, 0.15) is 13.8 Å². The highest BCUT2D eigenvalue weighted by Crippen LogP contribution is 2.40. The Morgan fingerprint density at radius 2 is 1.52 bits per heavy atom. The Labute approximate surface area is 125 Å². The first-order chi connectivity index (χ1) is 9.98. The largest absolute Gasteiger partial charge is 0.493 e. The van der Waals surface area contributed by atoms with Crippen molar-refractivity contribution in [1.29, 1.82) is 0 Å². The maximum absolute atomic E-state index is 11.6. The minimum absolute atomic E-state index is 0.111. The normalized spacial score (nSPS) is 13.0. The van der Waals surface area contributed by atoms with Gasteiger partial charge in [0.2, 0.25) is 5.75 Å². The third kappa shape index (κ3) is 3.93. The van der Waals surface area contributed by atoms with Gasteiger partial charge in [-0.2, -0.15) is 0 Å². The van der Waals surface area contributed by atoms with Crippen LogP contribution in [0, 0.1) is 5.92 Å². The Hall–Kier alpha value is -2.11. The number of ether oxygens (including phenoxy) is 4. The van der Waals surface area contributed by atoms with Gasteiger partial charge in [-0.15, -0.1) is 0 Å². The average Bonchev–Trinajstić information content (AvgIpc) is 2.51. The first-order valence-corrected chi connectivity index (χ1v) is 6.62. The summed E-state index contributed by atoms with van der Waals surface area (Å²) in [5.74, 6) is 1.09. The van der Waals surface area contributed by atoms with E-state index in [0.717, 1.165) is 5.69 Å². The molecule has 0 aliphatic carbocycles. The molecule has 0 aliphatic heterocycles. The minimum atomic E-state index is -0.283. The van der Waals surface area contributed by atoms with Crippen LogP contribution >= 0.6 is 0 Å². The SMILES string of the molecule is COC(=O)C(C)C(C)Nc1cc(OC)c(OC)c(OC)c1. The number of benzene rings is 1. The average molecular weight is 297 g/mol. The lowest BCUT2D eigenvalue weighted by atomic mass is 10.0. The minimum Gasteiger partial charge on any atom is -0.493 e. The molecular weight excluding hydrogens is 274 g/mol. The molecule has 2 atom stereocenters. The Balaban J connectivity index is 3.01. The molecule has 1 rings (SSSR count). The molecule has 1 aromatic rings. The van der Waals surface area contributed by atoms with Crippen molar-refractivity contribution in [1.82, 2.24) is 0 Å². The molecule has 21 heavy (non-hydrogen) atoms. The predicted molar refractivity (Wildman–Crippen MR) is 80.4 cm³/mol. The zero-order valence-electron chi connectivity index (χ0n) is 13.4. The van der Waals surface area contributed by atoms with E-state index in [1.165, 1.54) is 7.11 Å². The molecule has 0 fully saturated rings.